The Labute approximate surface area is 118 Å². The van der Waals surface area contributed by atoms with Gasteiger partial charge in [-0.1, -0.05) is 56.5 Å². The minimum Gasteiger partial charge on any atom is -0.313 e. The molecule has 1 fully saturated rings. The molecule has 1 heteroatoms. The summed E-state index contributed by atoms with van der Waals surface area (Å²) in [5.74, 6) is 1.76. The van der Waals surface area contributed by atoms with Crippen LogP contribution in [0.25, 0.3) is 0 Å². The van der Waals surface area contributed by atoms with E-state index in [-0.39, 0.29) is 0 Å². The molecule has 0 aromatic heterocycles. The lowest BCUT2D eigenvalue weighted by molar-refractivity contribution is 0.295. The van der Waals surface area contributed by atoms with E-state index in [1.807, 2.05) is 0 Å². The van der Waals surface area contributed by atoms with Crippen molar-refractivity contribution in [3.63, 3.8) is 0 Å². The van der Waals surface area contributed by atoms with Crippen LogP contribution < -0.4 is 5.32 Å². The molecule has 0 radical (unpaired) electrons. The summed E-state index contributed by atoms with van der Waals surface area (Å²) in [5.41, 5.74) is 2.84. The van der Waals surface area contributed by atoms with E-state index in [0.29, 0.717) is 6.04 Å². The van der Waals surface area contributed by atoms with E-state index >= 15 is 0 Å². The molecule has 2 rings (SSSR count). The minimum absolute atomic E-state index is 0.667. The van der Waals surface area contributed by atoms with Crippen molar-refractivity contribution in [3.8, 4) is 0 Å². The molecule has 1 aromatic carbocycles. The molecule has 1 saturated carbocycles. The van der Waals surface area contributed by atoms with Gasteiger partial charge in [0.15, 0.2) is 0 Å². The van der Waals surface area contributed by atoms with Crippen molar-refractivity contribution < 1.29 is 0 Å². The summed E-state index contributed by atoms with van der Waals surface area (Å²) >= 11 is 0. The predicted molar refractivity (Wildman–Crippen MR) is 83.5 cm³/mol. The maximum absolute atomic E-state index is 3.80. The van der Waals surface area contributed by atoms with E-state index in [4.69, 9.17) is 0 Å². The summed E-state index contributed by atoms with van der Waals surface area (Å²) in [6.45, 7) is 8.01. The van der Waals surface area contributed by atoms with E-state index in [1.54, 1.807) is 0 Å². The summed E-state index contributed by atoms with van der Waals surface area (Å²) in [7, 11) is 0. The summed E-state index contributed by atoms with van der Waals surface area (Å²) in [4.78, 5) is 0. The number of aryl methyl sites for hydroxylation is 1. The van der Waals surface area contributed by atoms with Crippen molar-refractivity contribution in [1.82, 2.24) is 5.32 Å². The number of nitrogens with one attached hydrogen (secondary N) is 1. The second kappa shape index (κ2) is 7.09. The standard InChI is InChI=1S/C18H29N/c1-4-12-19-18(17-7-5-6-15(17)3)13-16-10-8-14(2)9-11-16/h8-11,15,17-19H,4-7,12-13H2,1-3H3. The molecule has 1 N–H and O–H groups in total. The average molecular weight is 259 g/mol. The Balaban J connectivity index is 2.02. The highest BCUT2D eigenvalue weighted by molar-refractivity contribution is 5.22. The first-order chi connectivity index (χ1) is 9.20. The molecule has 0 aliphatic heterocycles. The second-order valence-electron chi connectivity index (χ2n) is 6.32. The molecular formula is C18H29N. The van der Waals surface area contributed by atoms with E-state index in [9.17, 15) is 0 Å². The van der Waals surface area contributed by atoms with Crippen LogP contribution in [0.3, 0.4) is 0 Å². The van der Waals surface area contributed by atoms with Gasteiger partial charge in [-0.15, -0.1) is 0 Å². The molecule has 1 nitrogen and oxygen atoms in total. The van der Waals surface area contributed by atoms with Gasteiger partial charge < -0.3 is 5.32 Å². The maximum Gasteiger partial charge on any atom is 0.0138 e. The minimum atomic E-state index is 0.667. The van der Waals surface area contributed by atoms with Crippen molar-refractivity contribution in [1.29, 1.82) is 0 Å². The summed E-state index contributed by atoms with van der Waals surface area (Å²) < 4.78 is 0. The largest absolute Gasteiger partial charge is 0.313 e. The van der Waals surface area contributed by atoms with Crippen LogP contribution in [-0.4, -0.2) is 12.6 Å². The molecule has 0 spiro atoms. The quantitative estimate of drug-likeness (QED) is 0.801. The van der Waals surface area contributed by atoms with E-state index in [1.165, 1.54) is 43.2 Å². The van der Waals surface area contributed by atoms with Crippen LogP contribution in [-0.2, 0) is 6.42 Å². The lowest BCUT2D eigenvalue weighted by atomic mass is 9.86. The lowest BCUT2D eigenvalue weighted by Gasteiger charge is -2.28. The normalized spacial score (nSPS) is 24.6. The van der Waals surface area contributed by atoms with Crippen molar-refractivity contribution in [2.24, 2.45) is 11.8 Å². The molecular weight excluding hydrogens is 230 g/mol. The van der Waals surface area contributed by atoms with Gasteiger partial charge in [-0.3, -0.25) is 0 Å². The van der Waals surface area contributed by atoms with Crippen LogP contribution in [0.2, 0.25) is 0 Å². The van der Waals surface area contributed by atoms with Gasteiger partial charge in [-0.05, 0) is 50.1 Å². The number of hydrogen-bond acceptors (Lipinski definition) is 1. The molecule has 1 aromatic rings. The summed E-state index contributed by atoms with van der Waals surface area (Å²) in [5, 5.41) is 3.80. The van der Waals surface area contributed by atoms with Gasteiger partial charge >= 0.3 is 0 Å². The highest BCUT2D eigenvalue weighted by Gasteiger charge is 2.30. The third kappa shape index (κ3) is 4.07. The van der Waals surface area contributed by atoms with Gasteiger partial charge in [0, 0.05) is 6.04 Å². The van der Waals surface area contributed by atoms with Crippen LogP contribution >= 0.6 is 0 Å². The molecule has 3 unspecified atom stereocenters. The lowest BCUT2D eigenvalue weighted by Crippen LogP contribution is -2.39. The molecule has 0 amide bonds. The fourth-order valence-corrected chi connectivity index (χ4v) is 3.45. The van der Waals surface area contributed by atoms with E-state index in [2.05, 4.69) is 50.4 Å². The molecule has 0 saturated heterocycles. The van der Waals surface area contributed by atoms with Crippen molar-refractivity contribution in [3.05, 3.63) is 35.4 Å². The highest BCUT2D eigenvalue weighted by atomic mass is 14.9. The fourth-order valence-electron chi connectivity index (χ4n) is 3.45. The molecule has 19 heavy (non-hydrogen) atoms. The summed E-state index contributed by atoms with van der Waals surface area (Å²) in [6.07, 6.45) is 6.67. The average Bonchev–Trinajstić information content (AvgIpc) is 2.83. The zero-order valence-electron chi connectivity index (χ0n) is 12.8. The van der Waals surface area contributed by atoms with E-state index in [0.717, 1.165) is 18.4 Å². The van der Waals surface area contributed by atoms with Crippen LogP contribution in [0.5, 0.6) is 0 Å². The Morgan fingerprint density at radius 3 is 2.53 bits per heavy atom. The molecule has 0 bridgehead atoms. The fraction of sp³-hybridized carbons (Fsp3) is 0.667. The third-order valence-corrected chi connectivity index (χ3v) is 4.68. The molecule has 1 aliphatic rings. The van der Waals surface area contributed by atoms with Crippen molar-refractivity contribution in [2.75, 3.05) is 6.54 Å². The molecule has 106 valence electrons. The monoisotopic (exact) mass is 259 g/mol. The molecule has 3 atom stereocenters. The number of hydrogen-bond donors (Lipinski definition) is 1. The highest BCUT2D eigenvalue weighted by Crippen LogP contribution is 2.34. The van der Waals surface area contributed by atoms with Crippen molar-refractivity contribution >= 4 is 0 Å². The smallest absolute Gasteiger partial charge is 0.0138 e. The Bertz CT molecular complexity index is 368. The third-order valence-electron chi connectivity index (χ3n) is 4.68. The number of rotatable bonds is 6. The first-order valence-corrected chi connectivity index (χ1v) is 7.99. The molecule has 0 heterocycles. The zero-order chi connectivity index (χ0) is 13.7. The van der Waals surface area contributed by atoms with Crippen LogP contribution in [0, 0.1) is 18.8 Å². The van der Waals surface area contributed by atoms with Crippen LogP contribution in [0.1, 0.15) is 50.7 Å². The predicted octanol–water partition coefficient (Wildman–Crippen LogP) is 4.34. The summed E-state index contributed by atoms with van der Waals surface area (Å²) in [6, 6.07) is 9.75. The Morgan fingerprint density at radius 2 is 1.95 bits per heavy atom. The van der Waals surface area contributed by atoms with Gasteiger partial charge in [-0.25, -0.2) is 0 Å². The topological polar surface area (TPSA) is 12.0 Å². The number of benzene rings is 1. The zero-order valence-corrected chi connectivity index (χ0v) is 12.8. The van der Waals surface area contributed by atoms with Gasteiger partial charge in [-0.2, -0.15) is 0 Å². The Hall–Kier alpha value is -0.820. The first kappa shape index (κ1) is 14.6. The Morgan fingerprint density at radius 1 is 1.21 bits per heavy atom. The SMILES string of the molecule is CCCNC(Cc1ccc(C)cc1)C1CCCC1C. The molecule has 1 aliphatic carbocycles. The second-order valence-corrected chi connectivity index (χ2v) is 6.32. The van der Waals surface area contributed by atoms with Crippen LogP contribution in [0.4, 0.5) is 0 Å². The van der Waals surface area contributed by atoms with Gasteiger partial charge in [0.1, 0.15) is 0 Å². The maximum atomic E-state index is 3.80. The van der Waals surface area contributed by atoms with Crippen LogP contribution in [0.15, 0.2) is 24.3 Å². The van der Waals surface area contributed by atoms with Gasteiger partial charge in [0.2, 0.25) is 0 Å². The van der Waals surface area contributed by atoms with Crippen molar-refractivity contribution in [2.45, 2.75) is 58.9 Å². The first-order valence-electron chi connectivity index (χ1n) is 7.99. The van der Waals surface area contributed by atoms with E-state index < -0.39 is 0 Å². The Kier molecular flexibility index (Phi) is 5.45. The van der Waals surface area contributed by atoms with Gasteiger partial charge in [0.05, 0.1) is 0 Å². The van der Waals surface area contributed by atoms with Gasteiger partial charge in [0.25, 0.3) is 0 Å².